The van der Waals surface area contributed by atoms with E-state index in [1.807, 2.05) is 19.1 Å². The van der Waals surface area contributed by atoms with E-state index in [9.17, 15) is 4.79 Å². The van der Waals surface area contributed by atoms with Crippen LogP contribution < -0.4 is 0 Å². The van der Waals surface area contributed by atoms with Gasteiger partial charge in [0.05, 0.1) is 11.8 Å². The molecular weight excluding hydrogens is 180 g/mol. The minimum absolute atomic E-state index is 0.0356. The third kappa shape index (κ3) is 1.25. The SMILES string of the molecule is C=CC1C2=CCOC(=O)C2=COC1C. The smallest absolute Gasteiger partial charge is 0.341 e. The lowest BCUT2D eigenvalue weighted by atomic mass is 9.86. The Kier molecular flexibility index (Phi) is 2.15. The van der Waals surface area contributed by atoms with Crippen molar-refractivity contribution in [3.05, 3.63) is 36.1 Å². The second-order valence-electron chi connectivity index (χ2n) is 3.39. The lowest BCUT2D eigenvalue weighted by molar-refractivity contribution is -0.138. The normalized spacial score (nSPS) is 30.5. The van der Waals surface area contributed by atoms with E-state index in [0.29, 0.717) is 12.2 Å². The summed E-state index contributed by atoms with van der Waals surface area (Å²) in [5.41, 5.74) is 1.51. The Morgan fingerprint density at radius 1 is 1.64 bits per heavy atom. The number of carbonyl (C=O) groups excluding carboxylic acids is 1. The van der Waals surface area contributed by atoms with Crippen molar-refractivity contribution in [2.45, 2.75) is 13.0 Å². The van der Waals surface area contributed by atoms with Crippen molar-refractivity contribution >= 4 is 5.97 Å². The van der Waals surface area contributed by atoms with E-state index in [1.54, 1.807) is 0 Å². The topological polar surface area (TPSA) is 35.5 Å². The summed E-state index contributed by atoms with van der Waals surface area (Å²) in [6.07, 6.45) is 5.24. The molecule has 0 amide bonds. The Hall–Kier alpha value is -1.51. The summed E-state index contributed by atoms with van der Waals surface area (Å²) in [7, 11) is 0. The zero-order valence-electron chi connectivity index (χ0n) is 8.03. The molecule has 2 unspecified atom stereocenters. The molecule has 0 saturated carbocycles. The lowest BCUT2D eigenvalue weighted by Crippen LogP contribution is -2.30. The molecule has 2 aliphatic rings. The van der Waals surface area contributed by atoms with E-state index in [1.165, 1.54) is 6.26 Å². The molecule has 0 saturated heterocycles. The van der Waals surface area contributed by atoms with Crippen LogP contribution in [0.15, 0.2) is 36.1 Å². The molecule has 0 aromatic rings. The summed E-state index contributed by atoms with van der Waals surface area (Å²) >= 11 is 0. The quantitative estimate of drug-likeness (QED) is 0.467. The van der Waals surface area contributed by atoms with Crippen molar-refractivity contribution < 1.29 is 14.3 Å². The monoisotopic (exact) mass is 192 g/mol. The number of fused-ring (bicyclic) bond motifs is 1. The van der Waals surface area contributed by atoms with Gasteiger partial charge in [-0.25, -0.2) is 4.79 Å². The molecule has 2 heterocycles. The zero-order valence-corrected chi connectivity index (χ0v) is 8.03. The lowest BCUT2D eigenvalue weighted by Gasteiger charge is -2.30. The molecule has 0 spiro atoms. The summed E-state index contributed by atoms with van der Waals surface area (Å²) < 4.78 is 10.2. The molecule has 0 N–H and O–H groups in total. The third-order valence-corrected chi connectivity index (χ3v) is 2.57. The van der Waals surface area contributed by atoms with Gasteiger partial charge in [0.1, 0.15) is 12.7 Å². The molecule has 3 nitrogen and oxygen atoms in total. The summed E-state index contributed by atoms with van der Waals surface area (Å²) in [5.74, 6) is -0.218. The van der Waals surface area contributed by atoms with Crippen molar-refractivity contribution in [3.63, 3.8) is 0 Å². The number of hydrogen-bond donors (Lipinski definition) is 0. The predicted octanol–water partition coefficient (Wildman–Crippen LogP) is 1.57. The first kappa shape index (κ1) is 9.06. The summed E-state index contributed by atoms with van der Waals surface area (Å²) in [5, 5.41) is 0. The fourth-order valence-electron chi connectivity index (χ4n) is 1.78. The van der Waals surface area contributed by atoms with Gasteiger partial charge in [0.15, 0.2) is 0 Å². The van der Waals surface area contributed by atoms with Crippen LogP contribution in [-0.2, 0) is 14.3 Å². The average molecular weight is 192 g/mol. The van der Waals surface area contributed by atoms with Crippen LogP contribution in [0.3, 0.4) is 0 Å². The van der Waals surface area contributed by atoms with Crippen LogP contribution in [0.4, 0.5) is 0 Å². The third-order valence-electron chi connectivity index (χ3n) is 2.57. The van der Waals surface area contributed by atoms with E-state index in [-0.39, 0.29) is 18.0 Å². The fraction of sp³-hybridized carbons (Fsp3) is 0.364. The maximum Gasteiger partial charge on any atom is 0.341 e. The Morgan fingerprint density at radius 3 is 3.14 bits per heavy atom. The largest absolute Gasteiger partial charge is 0.496 e. The molecule has 2 atom stereocenters. The summed E-state index contributed by atoms with van der Waals surface area (Å²) in [4.78, 5) is 11.4. The van der Waals surface area contributed by atoms with Gasteiger partial charge < -0.3 is 9.47 Å². The van der Waals surface area contributed by atoms with Crippen LogP contribution in [0, 0.1) is 5.92 Å². The molecule has 0 aromatic carbocycles. The molecule has 0 fully saturated rings. The van der Waals surface area contributed by atoms with Crippen LogP contribution >= 0.6 is 0 Å². The minimum Gasteiger partial charge on any atom is -0.496 e. The Morgan fingerprint density at radius 2 is 2.43 bits per heavy atom. The molecule has 0 aromatic heterocycles. The van der Waals surface area contributed by atoms with Gasteiger partial charge in [-0.1, -0.05) is 6.08 Å². The molecule has 14 heavy (non-hydrogen) atoms. The zero-order chi connectivity index (χ0) is 10.1. The summed E-state index contributed by atoms with van der Waals surface area (Å²) in [6.45, 7) is 6.06. The maximum absolute atomic E-state index is 11.4. The molecule has 3 heteroatoms. The number of cyclic esters (lactones) is 1. The molecule has 0 aliphatic carbocycles. The molecule has 2 aliphatic heterocycles. The van der Waals surface area contributed by atoms with E-state index in [2.05, 4.69) is 6.58 Å². The number of rotatable bonds is 1. The highest BCUT2D eigenvalue weighted by Crippen LogP contribution is 2.33. The van der Waals surface area contributed by atoms with Gasteiger partial charge in [-0.2, -0.15) is 0 Å². The van der Waals surface area contributed by atoms with Gasteiger partial charge in [0.25, 0.3) is 0 Å². The molecule has 0 radical (unpaired) electrons. The highest BCUT2D eigenvalue weighted by Gasteiger charge is 2.32. The van der Waals surface area contributed by atoms with Gasteiger partial charge in [-0.15, -0.1) is 6.58 Å². The standard InChI is InChI=1S/C11H12O3/c1-3-8-7(2)14-6-10-9(8)4-5-13-11(10)12/h3-4,6-8H,1,5H2,2H3. The average Bonchev–Trinajstić information content (AvgIpc) is 2.18. The fourth-order valence-corrected chi connectivity index (χ4v) is 1.78. The summed E-state index contributed by atoms with van der Waals surface area (Å²) in [6, 6.07) is 0. The Balaban J connectivity index is 2.41. The highest BCUT2D eigenvalue weighted by molar-refractivity contribution is 5.94. The van der Waals surface area contributed by atoms with E-state index < -0.39 is 0 Å². The maximum atomic E-state index is 11.4. The first-order valence-electron chi connectivity index (χ1n) is 4.59. The minimum atomic E-state index is -0.304. The van der Waals surface area contributed by atoms with Gasteiger partial charge in [-0.3, -0.25) is 0 Å². The number of ether oxygens (including phenoxy) is 2. The molecule has 2 rings (SSSR count). The number of hydrogen-bond acceptors (Lipinski definition) is 3. The second kappa shape index (κ2) is 3.33. The first-order valence-corrected chi connectivity index (χ1v) is 4.59. The van der Waals surface area contributed by atoms with E-state index in [4.69, 9.17) is 9.47 Å². The van der Waals surface area contributed by atoms with Crippen molar-refractivity contribution in [3.8, 4) is 0 Å². The van der Waals surface area contributed by atoms with Crippen LogP contribution in [-0.4, -0.2) is 18.7 Å². The van der Waals surface area contributed by atoms with Crippen LogP contribution in [0.1, 0.15) is 6.92 Å². The van der Waals surface area contributed by atoms with Gasteiger partial charge in [0, 0.05) is 5.92 Å². The van der Waals surface area contributed by atoms with Gasteiger partial charge in [0.2, 0.25) is 0 Å². The van der Waals surface area contributed by atoms with Crippen LogP contribution in [0.25, 0.3) is 0 Å². The van der Waals surface area contributed by atoms with Crippen molar-refractivity contribution in [1.82, 2.24) is 0 Å². The molecule has 74 valence electrons. The van der Waals surface area contributed by atoms with E-state index in [0.717, 1.165) is 5.57 Å². The second-order valence-corrected chi connectivity index (χ2v) is 3.39. The number of carbonyl (C=O) groups is 1. The van der Waals surface area contributed by atoms with Crippen molar-refractivity contribution in [2.75, 3.05) is 6.61 Å². The van der Waals surface area contributed by atoms with E-state index >= 15 is 0 Å². The van der Waals surface area contributed by atoms with Crippen LogP contribution in [0.5, 0.6) is 0 Å². The van der Waals surface area contributed by atoms with Crippen LogP contribution in [0.2, 0.25) is 0 Å². The van der Waals surface area contributed by atoms with Gasteiger partial charge >= 0.3 is 5.97 Å². The van der Waals surface area contributed by atoms with Crippen molar-refractivity contribution in [1.29, 1.82) is 0 Å². The van der Waals surface area contributed by atoms with Crippen molar-refractivity contribution in [2.24, 2.45) is 5.92 Å². The Labute approximate surface area is 82.7 Å². The molecule has 0 bridgehead atoms. The number of esters is 1. The highest BCUT2D eigenvalue weighted by atomic mass is 16.5. The van der Waals surface area contributed by atoms with Gasteiger partial charge in [-0.05, 0) is 18.6 Å². The predicted molar refractivity (Wildman–Crippen MR) is 51.4 cm³/mol. The first-order chi connectivity index (χ1) is 6.74. The molecular formula is C11H12O3. The Bertz CT molecular complexity index is 338.